The molecule has 0 radical (unpaired) electrons. The number of aliphatic hydroxyl groups is 1. The van der Waals surface area contributed by atoms with Crippen LogP contribution in [-0.2, 0) is 13.2 Å². The molecular formula is C15H11F2NO2. The second kappa shape index (κ2) is 6.13. The second-order valence-electron chi connectivity index (χ2n) is 4.13. The lowest BCUT2D eigenvalue weighted by Crippen LogP contribution is -2.01. The van der Waals surface area contributed by atoms with Crippen LogP contribution in [0.5, 0.6) is 5.75 Å². The second-order valence-corrected chi connectivity index (χ2v) is 4.13. The Morgan fingerprint density at radius 1 is 1.20 bits per heavy atom. The molecular weight excluding hydrogens is 264 g/mol. The highest BCUT2D eigenvalue weighted by Gasteiger charge is 2.09. The summed E-state index contributed by atoms with van der Waals surface area (Å²) in [4.78, 5) is 0. The quantitative estimate of drug-likeness (QED) is 0.933. The van der Waals surface area contributed by atoms with Crippen LogP contribution in [0, 0.1) is 23.0 Å². The van der Waals surface area contributed by atoms with Gasteiger partial charge in [-0.25, -0.2) is 8.78 Å². The summed E-state index contributed by atoms with van der Waals surface area (Å²) < 4.78 is 32.3. The van der Waals surface area contributed by atoms with Crippen molar-refractivity contribution in [2.45, 2.75) is 13.2 Å². The van der Waals surface area contributed by atoms with E-state index in [9.17, 15) is 8.78 Å². The molecule has 0 aliphatic carbocycles. The first-order valence-electron chi connectivity index (χ1n) is 5.84. The lowest BCUT2D eigenvalue weighted by atomic mass is 10.1. The van der Waals surface area contributed by atoms with E-state index in [2.05, 4.69) is 0 Å². The molecule has 0 aliphatic heterocycles. The molecule has 0 saturated carbocycles. The van der Waals surface area contributed by atoms with Gasteiger partial charge in [-0.05, 0) is 23.8 Å². The molecule has 2 rings (SSSR count). The molecule has 2 aromatic carbocycles. The minimum absolute atomic E-state index is 0.0682. The smallest absolute Gasteiger partial charge is 0.147 e. The normalized spacial score (nSPS) is 10.1. The van der Waals surface area contributed by atoms with Gasteiger partial charge in [0.2, 0.25) is 0 Å². The van der Waals surface area contributed by atoms with Crippen molar-refractivity contribution < 1.29 is 18.6 Å². The first-order chi connectivity index (χ1) is 9.63. The topological polar surface area (TPSA) is 53.2 Å². The van der Waals surface area contributed by atoms with Crippen molar-refractivity contribution in [2.75, 3.05) is 0 Å². The first kappa shape index (κ1) is 14.0. The number of ether oxygens (including phenoxy) is 1. The molecule has 0 aliphatic rings. The molecule has 3 nitrogen and oxygen atoms in total. The Hall–Kier alpha value is -2.45. The van der Waals surface area contributed by atoms with Crippen molar-refractivity contribution in [3.05, 3.63) is 64.7 Å². The number of hydrogen-bond donors (Lipinski definition) is 1. The summed E-state index contributed by atoms with van der Waals surface area (Å²) in [5, 5.41) is 17.7. The molecule has 0 aromatic heterocycles. The molecule has 2 aromatic rings. The highest BCUT2D eigenvalue weighted by molar-refractivity contribution is 5.35. The van der Waals surface area contributed by atoms with E-state index in [-0.39, 0.29) is 30.1 Å². The van der Waals surface area contributed by atoms with Crippen molar-refractivity contribution in [2.24, 2.45) is 0 Å². The molecule has 0 bridgehead atoms. The molecule has 5 heteroatoms. The number of halogens is 2. The van der Waals surface area contributed by atoms with Crippen LogP contribution in [0.15, 0.2) is 36.4 Å². The maximum atomic E-state index is 13.8. The summed E-state index contributed by atoms with van der Waals surface area (Å²) in [5.74, 6) is -0.998. The van der Waals surface area contributed by atoms with Crippen LogP contribution < -0.4 is 4.74 Å². The lowest BCUT2D eigenvalue weighted by molar-refractivity contribution is 0.275. The fourth-order valence-electron chi connectivity index (χ4n) is 1.73. The Labute approximate surface area is 114 Å². The summed E-state index contributed by atoms with van der Waals surface area (Å²) in [6.07, 6.45) is 0. The third-order valence-electron chi connectivity index (χ3n) is 2.71. The van der Waals surface area contributed by atoms with Crippen LogP contribution >= 0.6 is 0 Å². The molecule has 0 unspecified atom stereocenters. The number of rotatable bonds is 4. The fourth-order valence-corrected chi connectivity index (χ4v) is 1.73. The Kier molecular flexibility index (Phi) is 4.28. The number of nitrogens with zero attached hydrogens (tertiary/aromatic N) is 1. The number of hydrogen-bond acceptors (Lipinski definition) is 3. The number of benzene rings is 2. The van der Waals surface area contributed by atoms with Crippen molar-refractivity contribution in [3.63, 3.8) is 0 Å². The molecule has 20 heavy (non-hydrogen) atoms. The summed E-state index contributed by atoms with van der Waals surface area (Å²) in [7, 11) is 0. The maximum absolute atomic E-state index is 13.8. The van der Waals surface area contributed by atoms with Crippen LogP contribution in [0.3, 0.4) is 0 Å². The maximum Gasteiger partial charge on any atom is 0.147 e. The van der Waals surface area contributed by atoms with Gasteiger partial charge in [-0.3, -0.25) is 0 Å². The van der Waals surface area contributed by atoms with Crippen LogP contribution in [0.1, 0.15) is 16.7 Å². The summed E-state index contributed by atoms with van der Waals surface area (Å²) in [5.41, 5.74) is 0.506. The van der Waals surface area contributed by atoms with Gasteiger partial charge in [0.15, 0.2) is 0 Å². The average Bonchev–Trinajstić information content (AvgIpc) is 2.45. The molecule has 102 valence electrons. The lowest BCUT2D eigenvalue weighted by Gasteiger charge is -2.09. The molecule has 1 N–H and O–H groups in total. The van der Waals surface area contributed by atoms with E-state index in [0.29, 0.717) is 5.56 Å². The third kappa shape index (κ3) is 3.11. The predicted octanol–water partition coefficient (Wildman–Crippen LogP) is 2.91. The zero-order valence-electron chi connectivity index (χ0n) is 10.4. The van der Waals surface area contributed by atoms with Gasteiger partial charge in [-0.15, -0.1) is 0 Å². The largest absolute Gasteiger partial charge is 0.489 e. The van der Waals surface area contributed by atoms with E-state index in [1.54, 1.807) is 12.1 Å². The van der Waals surface area contributed by atoms with E-state index in [1.165, 1.54) is 24.3 Å². The van der Waals surface area contributed by atoms with Gasteiger partial charge < -0.3 is 9.84 Å². The van der Waals surface area contributed by atoms with Gasteiger partial charge in [0.25, 0.3) is 0 Å². The zero-order chi connectivity index (χ0) is 14.5. The van der Waals surface area contributed by atoms with Crippen LogP contribution in [0.4, 0.5) is 8.78 Å². The predicted molar refractivity (Wildman–Crippen MR) is 67.8 cm³/mol. The summed E-state index contributed by atoms with van der Waals surface area (Å²) in [6, 6.07) is 9.93. The van der Waals surface area contributed by atoms with Crippen molar-refractivity contribution in [1.82, 2.24) is 0 Å². The van der Waals surface area contributed by atoms with Crippen LogP contribution in [0.2, 0.25) is 0 Å². The van der Waals surface area contributed by atoms with Gasteiger partial charge in [-0.2, -0.15) is 5.26 Å². The molecule has 0 atom stereocenters. The van der Waals surface area contributed by atoms with Gasteiger partial charge in [0, 0.05) is 11.6 Å². The minimum atomic E-state index is -0.645. The fraction of sp³-hybridized carbons (Fsp3) is 0.133. The van der Waals surface area contributed by atoms with Gasteiger partial charge in [0.05, 0.1) is 12.2 Å². The van der Waals surface area contributed by atoms with E-state index >= 15 is 0 Å². The third-order valence-corrected chi connectivity index (χ3v) is 2.71. The molecule has 0 heterocycles. The van der Waals surface area contributed by atoms with Crippen molar-refractivity contribution >= 4 is 0 Å². The van der Waals surface area contributed by atoms with Crippen LogP contribution in [0.25, 0.3) is 0 Å². The Bertz CT molecular complexity index is 665. The summed E-state index contributed by atoms with van der Waals surface area (Å²) >= 11 is 0. The Morgan fingerprint density at radius 3 is 2.70 bits per heavy atom. The SMILES string of the molecule is N#Cc1cccc(COc2cc(F)cc(CO)c2)c1F. The number of nitriles is 1. The minimum Gasteiger partial charge on any atom is -0.489 e. The Balaban J connectivity index is 2.17. The highest BCUT2D eigenvalue weighted by Crippen LogP contribution is 2.19. The standard InChI is InChI=1S/C15H11F2NO2/c16-13-4-10(8-19)5-14(6-13)20-9-12-3-1-2-11(7-18)15(12)17/h1-6,19H,8-9H2. The number of aliphatic hydroxyl groups excluding tert-OH is 1. The first-order valence-corrected chi connectivity index (χ1v) is 5.84. The van der Waals surface area contributed by atoms with Crippen molar-refractivity contribution in [3.8, 4) is 11.8 Å². The van der Waals surface area contributed by atoms with E-state index < -0.39 is 11.6 Å². The van der Waals surface area contributed by atoms with Gasteiger partial charge in [-0.1, -0.05) is 12.1 Å². The molecule has 0 saturated heterocycles. The average molecular weight is 275 g/mol. The van der Waals surface area contributed by atoms with Gasteiger partial charge in [0.1, 0.15) is 30.1 Å². The van der Waals surface area contributed by atoms with Crippen molar-refractivity contribution in [1.29, 1.82) is 5.26 Å². The zero-order valence-corrected chi connectivity index (χ0v) is 10.4. The van der Waals surface area contributed by atoms with E-state index in [0.717, 1.165) is 6.07 Å². The van der Waals surface area contributed by atoms with Gasteiger partial charge >= 0.3 is 0 Å². The molecule has 0 fully saturated rings. The van der Waals surface area contributed by atoms with Crippen LogP contribution in [-0.4, -0.2) is 5.11 Å². The summed E-state index contributed by atoms with van der Waals surface area (Å²) in [6.45, 7) is -0.442. The van der Waals surface area contributed by atoms with E-state index in [4.69, 9.17) is 15.1 Å². The molecule has 0 amide bonds. The van der Waals surface area contributed by atoms with E-state index in [1.807, 2.05) is 0 Å². The monoisotopic (exact) mass is 275 g/mol. The molecule has 0 spiro atoms. The Morgan fingerprint density at radius 2 is 2.00 bits per heavy atom. The highest BCUT2D eigenvalue weighted by atomic mass is 19.1.